The third-order valence-electron chi connectivity index (χ3n) is 3.40. The summed E-state index contributed by atoms with van der Waals surface area (Å²) in [4.78, 5) is 15.7. The van der Waals surface area contributed by atoms with Crippen molar-refractivity contribution in [3.8, 4) is 5.75 Å². The van der Waals surface area contributed by atoms with Crippen molar-refractivity contribution in [2.24, 2.45) is 0 Å². The summed E-state index contributed by atoms with van der Waals surface area (Å²) in [6.07, 6.45) is 4.97. The van der Waals surface area contributed by atoms with Gasteiger partial charge in [0.1, 0.15) is 16.5 Å². The minimum atomic E-state index is -0.467. The molecule has 0 aromatic carbocycles. The molecule has 0 saturated heterocycles. The minimum absolute atomic E-state index is 0.148. The summed E-state index contributed by atoms with van der Waals surface area (Å²) >= 11 is 5.84. The zero-order valence-corrected chi connectivity index (χ0v) is 14.0. The molecule has 1 aliphatic rings. The maximum Gasteiger partial charge on any atom is 0.407 e. The summed E-state index contributed by atoms with van der Waals surface area (Å²) in [5, 5.41) is 3.35. The lowest BCUT2D eigenvalue weighted by molar-refractivity contribution is 0.0471. The molecule has 0 atom stereocenters. The van der Waals surface area contributed by atoms with Crippen molar-refractivity contribution >= 4 is 17.7 Å². The number of hydrogen-bond donors (Lipinski definition) is 1. The Hall–Kier alpha value is -1.49. The molecule has 22 heavy (non-hydrogen) atoms. The Kier molecular flexibility index (Phi) is 5.51. The Balaban J connectivity index is 1.75. The first-order valence-corrected chi connectivity index (χ1v) is 7.97. The van der Waals surface area contributed by atoms with Gasteiger partial charge in [0.15, 0.2) is 0 Å². The Morgan fingerprint density at radius 3 is 2.59 bits per heavy atom. The van der Waals surface area contributed by atoms with Gasteiger partial charge in [0.2, 0.25) is 0 Å². The van der Waals surface area contributed by atoms with E-state index in [4.69, 9.17) is 21.1 Å². The summed E-state index contributed by atoms with van der Waals surface area (Å²) < 4.78 is 11.2. The molecule has 5 nitrogen and oxygen atoms in total. The number of rotatable bonds is 3. The average Bonchev–Trinajstić information content (AvgIpc) is 2.39. The summed E-state index contributed by atoms with van der Waals surface area (Å²) in [6, 6.07) is 3.67. The fourth-order valence-corrected chi connectivity index (χ4v) is 2.61. The lowest BCUT2D eigenvalue weighted by atomic mass is 9.93. The van der Waals surface area contributed by atoms with Crippen LogP contribution >= 0.6 is 11.6 Å². The Morgan fingerprint density at radius 1 is 1.32 bits per heavy atom. The molecule has 1 N–H and O–H groups in total. The minimum Gasteiger partial charge on any atom is -0.490 e. The van der Waals surface area contributed by atoms with Crippen LogP contribution in [0.3, 0.4) is 0 Å². The molecular formula is C16H23ClN2O3. The SMILES string of the molecule is CC(C)(C)OC(=O)N[C@H]1CC[C@H](Oc2ccnc(Cl)c2)CC1. The molecule has 1 fully saturated rings. The van der Waals surface area contributed by atoms with Gasteiger partial charge in [0.25, 0.3) is 0 Å². The van der Waals surface area contributed by atoms with Crippen molar-refractivity contribution in [2.75, 3.05) is 0 Å². The van der Waals surface area contributed by atoms with Gasteiger partial charge in [-0.05, 0) is 52.5 Å². The van der Waals surface area contributed by atoms with Gasteiger partial charge >= 0.3 is 6.09 Å². The predicted octanol–water partition coefficient (Wildman–Crippen LogP) is 3.95. The molecule has 1 aliphatic carbocycles. The number of carbonyl (C=O) groups is 1. The van der Waals surface area contributed by atoms with E-state index in [-0.39, 0.29) is 18.2 Å². The van der Waals surface area contributed by atoms with E-state index in [1.54, 1.807) is 18.3 Å². The second kappa shape index (κ2) is 7.18. The van der Waals surface area contributed by atoms with Crippen LogP contribution in [-0.4, -0.2) is 28.8 Å². The normalized spacial score (nSPS) is 22.0. The number of nitrogens with one attached hydrogen (secondary N) is 1. The molecule has 0 bridgehead atoms. The van der Waals surface area contributed by atoms with Gasteiger partial charge in [0, 0.05) is 18.3 Å². The quantitative estimate of drug-likeness (QED) is 0.854. The van der Waals surface area contributed by atoms with Crippen LogP contribution in [0.25, 0.3) is 0 Å². The zero-order chi connectivity index (χ0) is 16.2. The molecule has 1 heterocycles. The zero-order valence-electron chi connectivity index (χ0n) is 13.3. The van der Waals surface area contributed by atoms with E-state index in [0.29, 0.717) is 5.15 Å². The van der Waals surface area contributed by atoms with Crippen LogP contribution < -0.4 is 10.1 Å². The molecule has 1 amide bonds. The largest absolute Gasteiger partial charge is 0.490 e. The van der Waals surface area contributed by atoms with Gasteiger partial charge in [-0.3, -0.25) is 0 Å². The second-order valence-corrected chi connectivity index (χ2v) is 6.94. The van der Waals surface area contributed by atoms with Crippen LogP contribution in [0, 0.1) is 0 Å². The first-order chi connectivity index (χ1) is 10.3. The summed E-state index contributed by atoms with van der Waals surface area (Å²) in [6.45, 7) is 5.57. The van der Waals surface area contributed by atoms with Gasteiger partial charge in [-0.2, -0.15) is 0 Å². The number of halogens is 1. The molecule has 1 aromatic heterocycles. The second-order valence-electron chi connectivity index (χ2n) is 6.55. The van der Waals surface area contributed by atoms with Crippen LogP contribution in [0.5, 0.6) is 5.75 Å². The number of ether oxygens (including phenoxy) is 2. The van der Waals surface area contributed by atoms with E-state index >= 15 is 0 Å². The van der Waals surface area contributed by atoms with E-state index in [0.717, 1.165) is 31.4 Å². The molecule has 0 radical (unpaired) electrons. The average molecular weight is 327 g/mol. The molecule has 0 aliphatic heterocycles. The third kappa shape index (κ3) is 5.72. The van der Waals surface area contributed by atoms with E-state index in [9.17, 15) is 4.79 Å². The van der Waals surface area contributed by atoms with Crippen molar-refractivity contribution < 1.29 is 14.3 Å². The highest BCUT2D eigenvalue weighted by Crippen LogP contribution is 2.25. The van der Waals surface area contributed by atoms with Crippen LogP contribution in [0.15, 0.2) is 18.3 Å². The highest BCUT2D eigenvalue weighted by molar-refractivity contribution is 6.29. The van der Waals surface area contributed by atoms with E-state index in [1.807, 2.05) is 20.8 Å². The van der Waals surface area contributed by atoms with Crippen molar-refractivity contribution in [1.29, 1.82) is 0 Å². The monoisotopic (exact) mass is 326 g/mol. The maximum absolute atomic E-state index is 11.8. The van der Waals surface area contributed by atoms with Crippen molar-refractivity contribution in [2.45, 2.75) is 64.2 Å². The van der Waals surface area contributed by atoms with Gasteiger partial charge in [-0.1, -0.05) is 11.6 Å². The molecule has 6 heteroatoms. The number of nitrogens with zero attached hydrogens (tertiary/aromatic N) is 1. The van der Waals surface area contributed by atoms with Gasteiger partial charge in [-0.25, -0.2) is 9.78 Å². The number of aromatic nitrogens is 1. The fourth-order valence-electron chi connectivity index (χ4n) is 2.45. The lowest BCUT2D eigenvalue weighted by Gasteiger charge is -2.30. The van der Waals surface area contributed by atoms with Gasteiger partial charge in [0.05, 0.1) is 6.10 Å². The Bertz CT molecular complexity index is 508. The van der Waals surface area contributed by atoms with Crippen LogP contribution in [0.1, 0.15) is 46.5 Å². The van der Waals surface area contributed by atoms with Crippen molar-refractivity contribution in [3.05, 3.63) is 23.5 Å². The number of pyridine rings is 1. The van der Waals surface area contributed by atoms with Gasteiger partial charge < -0.3 is 14.8 Å². The topological polar surface area (TPSA) is 60.5 Å². The number of alkyl carbamates (subject to hydrolysis) is 1. The summed E-state index contributed by atoms with van der Waals surface area (Å²) in [5.41, 5.74) is -0.467. The number of carbonyl (C=O) groups excluding carboxylic acids is 1. The van der Waals surface area contributed by atoms with Gasteiger partial charge in [-0.15, -0.1) is 0 Å². The highest BCUT2D eigenvalue weighted by atomic mass is 35.5. The van der Waals surface area contributed by atoms with E-state index in [2.05, 4.69) is 10.3 Å². The Morgan fingerprint density at radius 2 is 2.00 bits per heavy atom. The molecule has 2 rings (SSSR count). The lowest BCUT2D eigenvalue weighted by Crippen LogP contribution is -2.42. The number of amides is 1. The first-order valence-electron chi connectivity index (χ1n) is 7.59. The fraction of sp³-hybridized carbons (Fsp3) is 0.625. The third-order valence-corrected chi connectivity index (χ3v) is 3.60. The van der Waals surface area contributed by atoms with Crippen LogP contribution in [0.2, 0.25) is 5.15 Å². The molecule has 1 saturated carbocycles. The molecule has 1 aromatic rings. The molecular weight excluding hydrogens is 304 g/mol. The molecule has 0 unspecified atom stereocenters. The van der Waals surface area contributed by atoms with Crippen LogP contribution in [-0.2, 0) is 4.74 Å². The first kappa shape index (κ1) is 16.9. The van der Waals surface area contributed by atoms with E-state index < -0.39 is 5.60 Å². The standard InChI is InChI=1S/C16H23ClN2O3/c1-16(2,3)22-15(20)19-11-4-6-12(7-5-11)21-13-8-9-18-14(17)10-13/h8-12H,4-7H2,1-3H3,(H,19,20)/t11-,12-. The summed E-state index contributed by atoms with van der Waals surface area (Å²) in [5.74, 6) is 0.739. The number of hydrogen-bond acceptors (Lipinski definition) is 4. The smallest absolute Gasteiger partial charge is 0.407 e. The van der Waals surface area contributed by atoms with E-state index in [1.165, 1.54) is 0 Å². The Labute approximate surface area is 136 Å². The highest BCUT2D eigenvalue weighted by Gasteiger charge is 2.25. The van der Waals surface area contributed by atoms with Crippen molar-refractivity contribution in [1.82, 2.24) is 10.3 Å². The van der Waals surface area contributed by atoms with Crippen LogP contribution in [0.4, 0.5) is 4.79 Å². The maximum atomic E-state index is 11.8. The summed E-state index contributed by atoms with van der Waals surface area (Å²) in [7, 11) is 0. The molecule has 122 valence electrons. The molecule has 0 spiro atoms. The van der Waals surface area contributed by atoms with Crippen molar-refractivity contribution in [3.63, 3.8) is 0 Å². The predicted molar refractivity (Wildman–Crippen MR) is 85.3 cm³/mol.